The Morgan fingerprint density at radius 1 is 0.841 bits per heavy atom. The molecule has 0 saturated carbocycles. The number of fused-ring (bicyclic) bond motifs is 3. The van der Waals surface area contributed by atoms with Crippen LogP contribution in [0.5, 0.6) is 0 Å². The van der Waals surface area contributed by atoms with Gasteiger partial charge in [0, 0.05) is 49.5 Å². The summed E-state index contributed by atoms with van der Waals surface area (Å²) in [5, 5.41) is 20.7. The van der Waals surface area contributed by atoms with Gasteiger partial charge in [-0.25, -0.2) is 4.98 Å². The molecule has 1 fully saturated rings. The maximum atomic E-state index is 12.7. The number of aromatic nitrogens is 3. The van der Waals surface area contributed by atoms with Gasteiger partial charge in [0.25, 0.3) is 5.91 Å². The summed E-state index contributed by atoms with van der Waals surface area (Å²) in [5.41, 5.74) is 8.32. The van der Waals surface area contributed by atoms with E-state index in [1.54, 1.807) is 12.1 Å². The molecule has 2 aliphatic heterocycles. The summed E-state index contributed by atoms with van der Waals surface area (Å²) in [6.07, 6.45) is 5.10. The fraction of sp³-hybridized carbons (Fsp3) is 0.278. The molecule has 7 rings (SSSR count). The number of benzene rings is 3. The van der Waals surface area contributed by atoms with Gasteiger partial charge in [0.15, 0.2) is 5.82 Å². The van der Waals surface area contributed by atoms with Crippen LogP contribution in [0.2, 0.25) is 0 Å². The van der Waals surface area contributed by atoms with Crippen molar-refractivity contribution in [3.63, 3.8) is 0 Å². The third-order valence-corrected chi connectivity index (χ3v) is 8.85. The molecule has 1 N–H and O–H groups in total. The Kier molecular flexibility index (Phi) is 7.78. The van der Waals surface area contributed by atoms with Crippen molar-refractivity contribution in [1.82, 2.24) is 19.8 Å². The summed E-state index contributed by atoms with van der Waals surface area (Å²) in [6.45, 7) is 4.62. The lowest BCUT2D eigenvalue weighted by atomic mass is 9.94. The molecule has 3 aromatic carbocycles. The van der Waals surface area contributed by atoms with Crippen LogP contribution in [-0.4, -0.2) is 58.4 Å². The Hall–Kier alpha value is -5.00. The highest BCUT2D eigenvalue weighted by molar-refractivity contribution is 6.04. The van der Waals surface area contributed by atoms with Crippen LogP contribution in [0.25, 0.3) is 22.8 Å². The number of hydrogen-bond acceptors (Lipinski definition) is 6. The first-order valence-electron chi connectivity index (χ1n) is 15.5. The summed E-state index contributed by atoms with van der Waals surface area (Å²) in [6, 6.07) is 29.9. The molecular weight excluding hydrogens is 546 g/mol. The molecule has 44 heavy (non-hydrogen) atoms. The monoisotopic (exact) mass is 581 g/mol. The summed E-state index contributed by atoms with van der Waals surface area (Å²) in [5.74, 6) is 0.418. The van der Waals surface area contributed by atoms with E-state index < -0.39 is 0 Å². The van der Waals surface area contributed by atoms with Crippen molar-refractivity contribution in [2.24, 2.45) is 0 Å². The van der Waals surface area contributed by atoms with E-state index in [1.165, 1.54) is 11.1 Å². The Balaban J connectivity index is 1.17. The number of carbonyl (C=O) groups is 1. The lowest BCUT2D eigenvalue weighted by Crippen LogP contribution is -2.52. The zero-order chi connectivity index (χ0) is 29.9. The molecule has 8 heteroatoms. The number of piperazine rings is 1. The molecule has 220 valence electrons. The second-order valence-corrected chi connectivity index (χ2v) is 11.6. The van der Waals surface area contributed by atoms with Gasteiger partial charge in [-0.15, -0.1) is 5.10 Å². The van der Waals surface area contributed by atoms with E-state index >= 15 is 0 Å². The number of nitriles is 1. The maximum absolute atomic E-state index is 12.7. The molecule has 0 unspecified atom stereocenters. The molecule has 0 spiro atoms. The van der Waals surface area contributed by atoms with E-state index in [0.717, 1.165) is 87.3 Å². The third kappa shape index (κ3) is 5.54. The van der Waals surface area contributed by atoms with Crippen molar-refractivity contribution in [2.75, 3.05) is 43.0 Å². The number of nitrogens with zero attached hydrogens (tertiary/aromatic N) is 6. The van der Waals surface area contributed by atoms with Gasteiger partial charge >= 0.3 is 0 Å². The van der Waals surface area contributed by atoms with Crippen molar-refractivity contribution in [2.45, 2.75) is 32.1 Å². The van der Waals surface area contributed by atoms with E-state index in [0.29, 0.717) is 22.6 Å². The molecule has 0 aromatic heterocycles. The Labute approximate surface area is 257 Å². The topological polar surface area (TPSA) is 90.1 Å². The Bertz CT molecular complexity index is 1770. The van der Waals surface area contributed by atoms with E-state index in [4.69, 9.17) is 10.1 Å². The van der Waals surface area contributed by atoms with Gasteiger partial charge in [-0.2, -0.15) is 10.1 Å². The SMILES string of the molecule is N#Cc1c2nc(-c3ccc(NC(=O)c4ccccc4)cc3)nn(N3CCN(CCc4ccccc4)CC3)c-2c2c1CCCC2. The van der Waals surface area contributed by atoms with Crippen LogP contribution in [0.3, 0.4) is 0 Å². The quantitative estimate of drug-likeness (QED) is 0.271. The van der Waals surface area contributed by atoms with Crippen LogP contribution in [-0.2, 0) is 19.3 Å². The van der Waals surface area contributed by atoms with Crippen LogP contribution >= 0.6 is 0 Å². The first-order chi connectivity index (χ1) is 21.7. The fourth-order valence-electron chi connectivity index (χ4n) is 6.46. The van der Waals surface area contributed by atoms with Gasteiger partial charge in [-0.1, -0.05) is 48.5 Å². The molecule has 8 nitrogen and oxygen atoms in total. The van der Waals surface area contributed by atoms with E-state index in [2.05, 4.69) is 56.4 Å². The smallest absolute Gasteiger partial charge is 0.255 e. The first-order valence-corrected chi connectivity index (χ1v) is 15.5. The highest BCUT2D eigenvalue weighted by Crippen LogP contribution is 2.40. The molecule has 1 saturated heterocycles. The van der Waals surface area contributed by atoms with Crippen molar-refractivity contribution >= 4 is 11.6 Å². The number of carbonyl (C=O) groups excluding carboxylic acids is 1. The molecule has 0 radical (unpaired) electrons. The van der Waals surface area contributed by atoms with Crippen molar-refractivity contribution in [3.8, 4) is 28.8 Å². The number of hydrogen-bond donors (Lipinski definition) is 1. The van der Waals surface area contributed by atoms with Crippen molar-refractivity contribution in [3.05, 3.63) is 113 Å². The summed E-state index contributed by atoms with van der Waals surface area (Å²) in [7, 11) is 0. The summed E-state index contributed by atoms with van der Waals surface area (Å²) >= 11 is 0. The average molecular weight is 582 g/mol. The lowest BCUT2D eigenvalue weighted by molar-refractivity contribution is 0.102. The van der Waals surface area contributed by atoms with Gasteiger partial charge < -0.3 is 5.32 Å². The highest BCUT2D eigenvalue weighted by Gasteiger charge is 2.32. The van der Waals surface area contributed by atoms with Gasteiger partial charge in [-0.3, -0.25) is 14.7 Å². The molecule has 2 aliphatic carbocycles. The Morgan fingerprint density at radius 2 is 1.52 bits per heavy atom. The number of rotatable bonds is 7. The largest absolute Gasteiger partial charge is 0.322 e. The van der Waals surface area contributed by atoms with Gasteiger partial charge in [0.05, 0.1) is 5.56 Å². The number of nitrogens with one attached hydrogen (secondary N) is 1. The van der Waals surface area contributed by atoms with E-state index in [-0.39, 0.29) is 5.91 Å². The van der Waals surface area contributed by atoms with Crippen LogP contribution < -0.4 is 10.3 Å². The lowest BCUT2D eigenvalue weighted by Gasteiger charge is -2.37. The molecule has 0 bridgehead atoms. The minimum atomic E-state index is -0.155. The normalized spacial score (nSPS) is 15.1. The molecule has 2 heterocycles. The predicted octanol–water partition coefficient (Wildman–Crippen LogP) is 5.55. The second kappa shape index (κ2) is 12.3. The third-order valence-electron chi connectivity index (χ3n) is 8.85. The van der Waals surface area contributed by atoms with Crippen LogP contribution in [0.15, 0.2) is 84.9 Å². The predicted molar refractivity (Wildman–Crippen MR) is 172 cm³/mol. The number of amides is 1. The minimum absolute atomic E-state index is 0.155. The van der Waals surface area contributed by atoms with Crippen molar-refractivity contribution in [1.29, 1.82) is 5.26 Å². The zero-order valence-electron chi connectivity index (χ0n) is 24.7. The average Bonchev–Trinajstić information content (AvgIpc) is 3.42. The minimum Gasteiger partial charge on any atom is -0.322 e. The molecule has 1 amide bonds. The number of anilines is 1. The molecule has 0 atom stereocenters. The van der Waals surface area contributed by atoms with Crippen LogP contribution in [0.1, 0.15) is 45.5 Å². The first kappa shape index (κ1) is 27.8. The standard InChI is InChI=1S/C36H35N7O/c37-25-32-30-13-7-8-14-31(30)34-33(32)39-35(27-15-17-29(18-16-27)38-36(44)28-11-5-2-6-12-28)40-43(34)42-23-21-41(22-24-42)20-19-26-9-3-1-4-10-26/h1-6,9-12,15-18H,7-8,13-14,19-24H2,(H,38,44). The second-order valence-electron chi connectivity index (χ2n) is 11.6. The van der Waals surface area contributed by atoms with E-state index in [1.807, 2.05) is 42.5 Å². The molecule has 3 aromatic rings. The fourth-order valence-corrected chi connectivity index (χ4v) is 6.46. The molecule has 4 aliphatic rings. The zero-order valence-corrected chi connectivity index (χ0v) is 24.7. The summed E-state index contributed by atoms with van der Waals surface area (Å²) in [4.78, 5) is 22.3. The maximum Gasteiger partial charge on any atom is 0.255 e. The van der Waals surface area contributed by atoms with Gasteiger partial charge in [0.2, 0.25) is 0 Å². The van der Waals surface area contributed by atoms with Gasteiger partial charge in [0.1, 0.15) is 17.5 Å². The van der Waals surface area contributed by atoms with Gasteiger partial charge in [-0.05, 0) is 85.2 Å². The van der Waals surface area contributed by atoms with Crippen molar-refractivity contribution < 1.29 is 4.79 Å². The van der Waals surface area contributed by atoms with E-state index in [9.17, 15) is 10.1 Å². The molecular formula is C36H35N7O. The summed E-state index contributed by atoms with van der Waals surface area (Å²) < 4.78 is 0. The highest BCUT2D eigenvalue weighted by atomic mass is 16.1. The van der Waals surface area contributed by atoms with Crippen LogP contribution in [0, 0.1) is 11.3 Å². The van der Waals surface area contributed by atoms with Crippen LogP contribution in [0.4, 0.5) is 5.69 Å². The Morgan fingerprint density at radius 3 is 2.23 bits per heavy atom.